The van der Waals surface area contributed by atoms with Crippen LogP contribution in [0.25, 0.3) is 0 Å². The quantitative estimate of drug-likeness (QED) is 0.617. The number of nitrogens with zero attached hydrogens (tertiary/aromatic N) is 1. The van der Waals surface area contributed by atoms with Crippen LogP contribution in [0, 0.1) is 17.0 Å². The molecule has 0 heterocycles. The van der Waals surface area contributed by atoms with Gasteiger partial charge in [-0.1, -0.05) is 18.2 Å². The SMILES string of the molecule is Cc1ccc(NC(=O)Cc2ccc([N+](=O)[O-])cc2)c(OCC(F)(F)F)c1. The molecule has 0 atom stereocenters. The molecule has 1 N–H and O–H groups in total. The lowest BCUT2D eigenvalue weighted by molar-refractivity contribution is -0.384. The molecule has 0 saturated carbocycles. The van der Waals surface area contributed by atoms with Crippen molar-refractivity contribution in [2.45, 2.75) is 19.5 Å². The third-order valence-corrected chi connectivity index (χ3v) is 3.31. The van der Waals surface area contributed by atoms with Gasteiger partial charge in [-0.15, -0.1) is 0 Å². The van der Waals surface area contributed by atoms with Crippen molar-refractivity contribution in [1.82, 2.24) is 0 Å². The Hall–Kier alpha value is -3.10. The number of ether oxygens (including phenoxy) is 1. The van der Waals surface area contributed by atoms with Crippen molar-refractivity contribution in [3.05, 3.63) is 63.7 Å². The molecule has 26 heavy (non-hydrogen) atoms. The van der Waals surface area contributed by atoms with Gasteiger partial charge in [0.25, 0.3) is 5.69 Å². The average Bonchev–Trinajstić information content (AvgIpc) is 2.54. The molecule has 0 aliphatic rings. The number of benzene rings is 2. The average molecular weight is 368 g/mol. The Kier molecular flexibility index (Phi) is 5.81. The Morgan fingerprint density at radius 1 is 1.19 bits per heavy atom. The number of rotatable bonds is 6. The molecule has 0 spiro atoms. The summed E-state index contributed by atoms with van der Waals surface area (Å²) in [5, 5.41) is 13.1. The fourth-order valence-electron chi connectivity index (χ4n) is 2.13. The number of halogens is 3. The lowest BCUT2D eigenvalue weighted by atomic mass is 10.1. The van der Waals surface area contributed by atoms with E-state index in [0.29, 0.717) is 11.1 Å². The molecule has 0 fully saturated rings. The Morgan fingerprint density at radius 3 is 2.42 bits per heavy atom. The van der Waals surface area contributed by atoms with Crippen LogP contribution in [0.2, 0.25) is 0 Å². The predicted octanol–water partition coefficient (Wildman–Crippen LogP) is 4.03. The molecule has 6 nitrogen and oxygen atoms in total. The first-order valence-electron chi connectivity index (χ1n) is 7.47. The lowest BCUT2D eigenvalue weighted by Crippen LogP contribution is -2.21. The van der Waals surface area contributed by atoms with Crippen molar-refractivity contribution in [3.63, 3.8) is 0 Å². The van der Waals surface area contributed by atoms with Gasteiger partial charge < -0.3 is 10.1 Å². The molecule has 2 rings (SSSR count). The summed E-state index contributed by atoms with van der Waals surface area (Å²) in [6, 6.07) is 9.89. The minimum Gasteiger partial charge on any atom is -0.482 e. The van der Waals surface area contributed by atoms with Crippen LogP contribution in [-0.4, -0.2) is 23.6 Å². The first-order valence-corrected chi connectivity index (χ1v) is 7.47. The van der Waals surface area contributed by atoms with E-state index in [1.807, 2.05) is 0 Å². The minimum atomic E-state index is -4.50. The van der Waals surface area contributed by atoms with Gasteiger partial charge in [-0.3, -0.25) is 14.9 Å². The van der Waals surface area contributed by atoms with Crippen LogP contribution in [0.4, 0.5) is 24.5 Å². The van der Waals surface area contributed by atoms with Gasteiger partial charge in [-0.2, -0.15) is 13.2 Å². The zero-order valence-corrected chi connectivity index (χ0v) is 13.7. The van der Waals surface area contributed by atoms with Crippen LogP contribution in [0.5, 0.6) is 5.75 Å². The maximum atomic E-state index is 12.4. The summed E-state index contributed by atoms with van der Waals surface area (Å²) in [7, 11) is 0. The highest BCUT2D eigenvalue weighted by molar-refractivity contribution is 5.93. The van der Waals surface area contributed by atoms with E-state index in [0.717, 1.165) is 0 Å². The third-order valence-electron chi connectivity index (χ3n) is 3.31. The largest absolute Gasteiger partial charge is 0.482 e. The summed E-state index contributed by atoms with van der Waals surface area (Å²) in [5.74, 6) is -0.570. The zero-order valence-electron chi connectivity index (χ0n) is 13.7. The van der Waals surface area contributed by atoms with Crippen LogP contribution < -0.4 is 10.1 Å². The molecular weight excluding hydrogens is 353 g/mol. The molecule has 2 aromatic rings. The Bertz CT molecular complexity index is 805. The maximum absolute atomic E-state index is 12.4. The van der Waals surface area contributed by atoms with E-state index in [9.17, 15) is 28.1 Å². The van der Waals surface area contributed by atoms with E-state index in [-0.39, 0.29) is 23.5 Å². The molecule has 1 amide bonds. The van der Waals surface area contributed by atoms with E-state index < -0.39 is 23.6 Å². The first-order chi connectivity index (χ1) is 12.1. The van der Waals surface area contributed by atoms with Gasteiger partial charge >= 0.3 is 6.18 Å². The number of nitro groups is 1. The molecular formula is C17H15F3N2O4. The number of anilines is 1. The summed E-state index contributed by atoms with van der Waals surface area (Å²) >= 11 is 0. The normalized spacial score (nSPS) is 11.1. The van der Waals surface area contributed by atoms with E-state index in [1.165, 1.54) is 36.4 Å². The number of carbonyl (C=O) groups is 1. The highest BCUT2D eigenvalue weighted by Gasteiger charge is 2.29. The lowest BCUT2D eigenvalue weighted by Gasteiger charge is -2.14. The molecule has 0 aliphatic carbocycles. The number of hydrogen-bond acceptors (Lipinski definition) is 4. The van der Waals surface area contributed by atoms with E-state index in [1.54, 1.807) is 13.0 Å². The van der Waals surface area contributed by atoms with Crippen molar-refractivity contribution >= 4 is 17.3 Å². The second-order valence-corrected chi connectivity index (χ2v) is 5.55. The van der Waals surface area contributed by atoms with E-state index in [2.05, 4.69) is 5.32 Å². The van der Waals surface area contributed by atoms with Crippen molar-refractivity contribution in [2.24, 2.45) is 0 Å². The van der Waals surface area contributed by atoms with Gasteiger partial charge in [0.1, 0.15) is 5.75 Å². The van der Waals surface area contributed by atoms with Crippen LogP contribution in [-0.2, 0) is 11.2 Å². The number of hydrogen-bond donors (Lipinski definition) is 1. The Labute approximate surface area is 146 Å². The number of aryl methyl sites for hydroxylation is 1. The van der Waals surface area contributed by atoms with Gasteiger partial charge in [0, 0.05) is 12.1 Å². The molecule has 2 aromatic carbocycles. The van der Waals surface area contributed by atoms with Gasteiger partial charge in [0.05, 0.1) is 17.0 Å². The molecule has 0 aromatic heterocycles. The standard InChI is InChI=1S/C17H15F3N2O4/c1-11-2-7-14(15(8-11)26-10-17(18,19)20)21-16(23)9-12-3-5-13(6-4-12)22(24)25/h2-8H,9-10H2,1H3,(H,21,23). The topological polar surface area (TPSA) is 81.5 Å². The minimum absolute atomic E-state index is 0.0839. The molecule has 0 bridgehead atoms. The predicted molar refractivity (Wildman–Crippen MR) is 88.2 cm³/mol. The van der Waals surface area contributed by atoms with Gasteiger partial charge in [0.2, 0.25) is 5.91 Å². The van der Waals surface area contributed by atoms with Crippen LogP contribution >= 0.6 is 0 Å². The maximum Gasteiger partial charge on any atom is 0.422 e. The number of non-ortho nitro benzene ring substituents is 1. The van der Waals surface area contributed by atoms with Gasteiger partial charge in [-0.05, 0) is 30.2 Å². The van der Waals surface area contributed by atoms with Crippen molar-refractivity contribution in [3.8, 4) is 5.75 Å². The van der Waals surface area contributed by atoms with Crippen LogP contribution in [0.15, 0.2) is 42.5 Å². The molecule has 0 saturated heterocycles. The molecule has 138 valence electrons. The fourth-order valence-corrected chi connectivity index (χ4v) is 2.13. The van der Waals surface area contributed by atoms with Crippen molar-refractivity contribution < 1.29 is 27.6 Å². The van der Waals surface area contributed by atoms with Gasteiger partial charge in [0.15, 0.2) is 6.61 Å². The van der Waals surface area contributed by atoms with E-state index in [4.69, 9.17) is 4.74 Å². The second kappa shape index (κ2) is 7.85. The monoisotopic (exact) mass is 368 g/mol. The molecule has 0 aliphatic heterocycles. The van der Waals surface area contributed by atoms with Gasteiger partial charge in [-0.25, -0.2) is 0 Å². The van der Waals surface area contributed by atoms with Crippen LogP contribution in [0.3, 0.4) is 0 Å². The fraction of sp³-hybridized carbons (Fsp3) is 0.235. The Balaban J connectivity index is 2.07. The number of nitrogens with one attached hydrogen (secondary N) is 1. The highest BCUT2D eigenvalue weighted by Crippen LogP contribution is 2.28. The van der Waals surface area contributed by atoms with Crippen LogP contribution in [0.1, 0.15) is 11.1 Å². The zero-order chi connectivity index (χ0) is 19.3. The number of carbonyl (C=O) groups excluding carboxylic acids is 1. The number of nitro benzene ring substituents is 1. The van der Waals surface area contributed by atoms with E-state index >= 15 is 0 Å². The number of amides is 1. The molecule has 0 radical (unpaired) electrons. The summed E-state index contributed by atoms with van der Waals surface area (Å²) in [6.45, 7) is 0.213. The summed E-state index contributed by atoms with van der Waals surface area (Å²) < 4.78 is 41.8. The van der Waals surface area contributed by atoms with Crippen molar-refractivity contribution in [2.75, 3.05) is 11.9 Å². The Morgan fingerprint density at radius 2 is 1.85 bits per heavy atom. The first kappa shape index (κ1) is 19.2. The summed E-state index contributed by atoms with van der Waals surface area (Å²) in [4.78, 5) is 22.2. The third kappa shape index (κ3) is 5.76. The summed E-state index contributed by atoms with van der Waals surface area (Å²) in [5.41, 5.74) is 1.22. The smallest absolute Gasteiger partial charge is 0.422 e. The molecule has 9 heteroatoms. The highest BCUT2D eigenvalue weighted by atomic mass is 19.4. The number of alkyl halides is 3. The summed E-state index contributed by atoms with van der Waals surface area (Å²) in [6.07, 6.45) is -4.59. The van der Waals surface area contributed by atoms with Crippen molar-refractivity contribution in [1.29, 1.82) is 0 Å². The molecule has 0 unspecified atom stereocenters. The second-order valence-electron chi connectivity index (χ2n) is 5.55.